The Bertz CT molecular complexity index is 265. The molecule has 0 unspecified atom stereocenters. The van der Waals surface area contributed by atoms with Gasteiger partial charge in [0.05, 0.1) is 12.7 Å². The average molecular weight is 182 g/mol. The molecule has 0 bridgehead atoms. The van der Waals surface area contributed by atoms with Gasteiger partial charge in [-0.3, -0.25) is 4.79 Å². The minimum Gasteiger partial charge on any atom is -0.465 e. The summed E-state index contributed by atoms with van der Waals surface area (Å²) in [5.41, 5.74) is 0.216. The molecule has 0 N–H and O–H groups in total. The second kappa shape index (κ2) is 3.73. The molecule has 0 aromatic heterocycles. The van der Waals surface area contributed by atoms with Crippen LogP contribution in [-0.2, 0) is 14.3 Å². The first-order valence-corrected chi connectivity index (χ1v) is 4.40. The van der Waals surface area contributed by atoms with Crippen molar-refractivity contribution in [2.75, 3.05) is 7.11 Å². The van der Waals surface area contributed by atoms with Crippen molar-refractivity contribution in [1.29, 1.82) is 0 Å². The largest absolute Gasteiger partial charge is 0.465 e. The quantitative estimate of drug-likeness (QED) is 0.454. The predicted molar refractivity (Wildman–Crippen MR) is 48.1 cm³/mol. The van der Waals surface area contributed by atoms with Crippen molar-refractivity contribution in [2.24, 2.45) is 11.8 Å². The van der Waals surface area contributed by atoms with Crippen LogP contribution in [0.3, 0.4) is 0 Å². The number of methoxy groups -OCH3 is 1. The number of ether oxygens (including phenoxy) is 1. The predicted octanol–water partition coefficient (Wildman–Crippen LogP) is 1.33. The highest BCUT2D eigenvalue weighted by Gasteiger charge is 2.31. The lowest BCUT2D eigenvalue weighted by atomic mass is 9.81. The summed E-state index contributed by atoms with van der Waals surface area (Å²) in [5.74, 6) is -0.352. The number of carbonyl (C=O) groups excluding carboxylic acids is 2. The summed E-state index contributed by atoms with van der Waals surface area (Å²) in [6.07, 6.45) is 2.45. The van der Waals surface area contributed by atoms with Crippen LogP contribution in [0, 0.1) is 11.8 Å². The van der Waals surface area contributed by atoms with Crippen molar-refractivity contribution >= 4 is 11.8 Å². The Kier molecular flexibility index (Phi) is 2.86. The standard InChI is InChI=1S/C10H14O3/c1-6-4-5-8(10(12)13-3)9(11)7(6)2/h5-7H,4H2,1-3H3/t6-,7-/m1/s1. The minimum atomic E-state index is -0.510. The van der Waals surface area contributed by atoms with Crippen LogP contribution in [0.2, 0.25) is 0 Å². The molecule has 0 aromatic rings. The molecule has 13 heavy (non-hydrogen) atoms. The minimum absolute atomic E-state index is 0.0703. The SMILES string of the molecule is COC(=O)C1=CC[C@@H](C)[C@@H](C)C1=O. The van der Waals surface area contributed by atoms with Crippen LogP contribution in [0.4, 0.5) is 0 Å². The molecule has 3 heteroatoms. The van der Waals surface area contributed by atoms with Gasteiger partial charge in [-0.2, -0.15) is 0 Å². The van der Waals surface area contributed by atoms with Crippen LogP contribution >= 0.6 is 0 Å². The fraction of sp³-hybridized carbons (Fsp3) is 0.600. The molecular formula is C10H14O3. The monoisotopic (exact) mass is 182 g/mol. The number of rotatable bonds is 1. The topological polar surface area (TPSA) is 43.4 Å². The first-order valence-electron chi connectivity index (χ1n) is 4.40. The summed E-state index contributed by atoms with van der Waals surface area (Å²) in [7, 11) is 1.29. The van der Waals surface area contributed by atoms with E-state index in [1.54, 1.807) is 6.08 Å². The van der Waals surface area contributed by atoms with E-state index >= 15 is 0 Å². The molecule has 0 heterocycles. The average Bonchev–Trinajstić information content (AvgIpc) is 2.13. The van der Waals surface area contributed by atoms with E-state index in [-0.39, 0.29) is 17.3 Å². The number of hydrogen-bond acceptors (Lipinski definition) is 3. The van der Waals surface area contributed by atoms with Gasteiger partial charge in [0, 0.05) is 5.92 Å². The summed E-state index contributed by atoms with van der Waals surface area (Å²) >= 11 is 0. The number of allylic oxidation sites excluding steroid dienone is 1. The van der Waals surface area contributed by atoms with E-state index in [9.17, 15) is 9.59 Å². The normalized spacial score (nSPS) is 28.2. The van der Waals surface area contributed by atoms with Crippen molar-refractivity contribution in [3.8, 4) is 0 Å². The lowest BCUT2D eigenvalue weighted by Gasteiger charge is -2.22. The number of Topliss-reactive ketones (excluding diaryl/α,β-unsaturated/α-hetero) is 1. The zero-order valence-corrected chi connectivity index (χ0v) is 8.16. The molecule has 0 saturated heterocycles. The maximum absolute atomic E-state index is 11.6. The van der Waals surface area contributed by atoms with Crippen LogP contribution in [-0.4, -0.2) is 18.9 Å². The lowest BCUT2D eigenvalue weighted by molar-refractivity contribution is -0.138. The Morgan fingerprint density at radius 2 is 2.15 bits per heavy atom. The second-order valence-electron chi connectivity index (χ2n) is 3.48. The lowest BCUT2D eigenvalue weighted by Crippen LogP contribution is -2.28. The van der Waals surface area contributed by atoms with Crippen LogP contribution in [0.5, 0.6) is 0 Å². The highest BCUT2D eigenvalue weighted by atomic mass is 16.5. The highest BCUT2D eigenvalue weighted by Crippen LogP contribution is 2.26. The molecule has 72 valence electrons. The Balaban J connectivity index is 2.88. The zero-order chi connectivity index (χ0) is 10.0. The molecule has 0 saturated carbocycles. The number of carbonyl (C=O) groups is 2. The summed E-state index contributed by atoms with van der Waals surface area (Å²) < 4.78 is 4.52. The van der Waals surface area contributed by atoms with Gasteiger partial charge < -0.3 is 4.74 Å². The molecule has 1 aliphatic carbocycles. The summed E-state index contributed by atoms with van der Waals surface area (Å²) in [5, 5.41) is 0. The van der Waals surface area contributed by atoms with Gasteiger partial charge in [0.25, 0.3) is 0 Å². The Morgan fingerprint density at radius 3 is 2.69 bits per heavy atom. The van der Waals surface area contributed by atoms with E-state index in [1.165, 1.54) is 7.11 Å². The van der Waals surface area contributed by atoms with Gasteiger partial charge in [0.15, 0.2) is 5.78 Å². The van der Waals surface area contributed by atoms with Crippen molar-refractivity contribution in [3.05, 3.63) is 11.6 Å². The van der Waals surface area contributed by atoms with Gasteiger partial charge in [0.2, 0.25) is 0 Å². The zero-order valence-electron chi connectivity index (χ0n) is 8.16. The first kappa shape index (κ1) is 9.96. The molecule has 0 aromatic carbocycles. The summed E-state index contributed by atoms with van der Waals surface area (Å²) in [4.78, 5) is 22.7. The molecule has 0 radical (unpaired) electrons. The second-order valence-corrected chi connectivity index (χ2v) is 3.48. The van der Waals surface area contributed by atoms with Crippen molar-refractivity contribution in [1.82, 2.24) is 0 Å². The van der Waals surface area contributed by atoms with Gasteiger partial charge in [-0.05, 0) is 12.3 Å². The van der Waals surface area contributed by atoms with Crippen LogP contribution < -0.4 is 0 Å². The van der Waals surface area contributed by atoms with Gasteiger partial charge in [-0.15, -0.1) is 0 Å². The summed E-state index contributed by atoms with van der Waals surface area (Å²) in [6.45, 7) is 3.86. The van der Waals surface area contributed by atoms with E-state index < -0.39 is 5.97 Å². The first-order chi connectivity index (χ1) is 6.07. The van der Waals surface area contributed by atoms with E-state index in [2.05, 4.69) is 4.74 Å². The molecule has 1 aliphatic rings. The van der Waals surface area contributed by atoms with E-state index in [0.29, 0.717) is 5.92 Å². The summed E-state index contributed by atoms with van der Waals surface area (Å²) in [6, 6.07) is 0. The molecule has 0 fully saturated rings. The third-order valence-corrected chi connectivity index (χ3v) is 2.63. The fourth-order valence-electron chi connectivity index (χ4n) is 1.41. The van der Waals surface area contributed by atoms with Crippen LogP contribution in [0.1, 0.15) is 20.3 Å². The molecule has 0 amide bonds. The van der Waals surface area contributed by atoms with Gasteiger partial charge >= 0.3 is 5.97 Å². The third-order valence-electron chi connectivity index (χ3n) is 2.63. The van der Waals surface area contributed by atoms with Gasteiger partial charge in [-0.1, -0.05) is 19.9 Å². The van der Waals surface area contributed by atoms with E-state index in [0.717, 1.165) is 6.42 Å². The van der Waals surface area contributed by atoms with Crippen LogP contribution in [0.25, 0.3) is 0 Å². The van der Waals surface area contributed by atoms with Gasteiger partial charge in [0.1, 0.15) is 0 Å². The maximum atomic E-state index is 11.6. The number of hydrogen-bond donors (Lipinski definition) is 0. The van der Waals surface area contributed by atoms with Crippen LogP contribution in [0.15, 0.2) is 11.6 Å². The molecule has 2 atom stereocenters. The van der Waals surface area contributed by atoms with E-state index in [1.807, 2.05) is 13.8 Å². The highest BCUT2D eigenvalue weighted by molar-refractivity contribution is 6.18. The van der Waals surface area contributed by atoms with Crippen molar-refractivity contribution in [3.63, 3.8) is 0 Å². The third kappa shape index (κ3) is 1.79. The van der Waals surface area contributed by atoms with E-state index in [4.69, 9.17) is 0 Å². The van der Waals surface area contributed by atoms with Crippen molar-refractivity contribution < 1.29 is 14.3 Å². The Labute approximate surface area is 77.8 Å². The van der Waals surface area contributed by atoms with Crippen molar-refractivity contribution in [2.45, 2.75) is 20.3 Å². The molecular weight excluding hydrogens is 168 g/mol. The molecule has 3 nitrogen and oxygen atoms in total. The maximum Gasteiger partial charge on any atom is 0.341 e. The number of ketones is 1. The Hall–Kier alpha value is -1.12. The number of esters is 1. The molecule has 0 aliphatic heterocycles. The fourth-order valence-corrected chi connectivity index (χ4v) is 1.41. The Morgan fingerprint density at radius 1 is 1.54 bits per heavy atom. The smallest absolute Gasteiger partial charge is 0.341 e. The molecule has 0 spiro atoms. The molecule has 1 rings (SSSR count). The van der Waals surface area contributed by atoms with Gasteiger partial charge in [-0.25, -0.2) is 4.79 Å².